The number of piperazine rings is 1. The molecule has 1 unspecified atom stereocenters. The van der Waals surface area contributed by atoms with Crippen molar-refractivity contribution in [1.82, 2.24) is 15.1 Å². The van der Waals surface area contributed by atoms with Gasteiger partial charge in [-0.2, -0.15) is 0 Å². The second-order valence-corrected chi connectivity index (χ2v) is 4.37. The molecule has 1 N–H and O–H groups in total. The molecule has 0 bridgehead atoms. The van der Waals surface area contributed by atoms with Gasteiger partial charge in [0.2, 0.25) is 5.91 Å². The highest BCUT2D eigenvalue weighted by Crippen LogP contribution is 2.05. The van der Waals surface area contributed by atoms with E-state index in [1.807, 2.05) is 11.8 Å². The third-order valence-corrected chi connectivity index (χ3v) is 3.32. The number of rotatable bonds is 6. The molecule has 0 aromatic carbocycles. The number of hydrogen-bond donors (Lipinski definition) is 1. The third kappa shape index (κ3) is 4.26. The van der Waals surface area contributed by atoms with Crippen LogP contribution in [0.4, 0.5) is 0 Å². The maximum absolute atomic E-state index is 12.3. The Balaban J connectivity index is 2.47. The van der Waals surface area contributed by atoms with Crippen molar-refractivity contribution in [3.63, 3.8) is 0 Å². The van der Waals surface area contributed by atoms with Crippen molar-refractivity contribution in [2.75, 3.05) is 53.0 Å². The fourth-order valence-electron chi connectivity index (χ4n) is 2.14. The Morgan fingerprint density at radius 2 is 2.12 bits per heavy atom. The molecule has 100 valence electrons. The Kier molecular flexibility index (Phi) is 6.47. The largest absolute Gasteiger partial charge is 0.383 e. The van der Waals surface area contributed by atoms with Gasteiger partial charge in [0.25, 0.3) is 0 Å². The van der Waals surface area contributed by atoms with E-state index in [9.17, 15) is 4.79 Å². The van der Waals surface area contributed by atoms with Crippen LogP contribution in [0, 0.1) is 0 Å². The molecule has 0 spiro atoms. The number of amides is 1. The van der Waals surface area contributed by atoms with Crippen LogP contribution in [0.3, 0.4) is 0 Å². The smallest absolute Gasteiger partial charge is 0.239 e. The summed E-state index contributed by atoms with van der Waals surface area (Å²) in [5, 5.41) is 3.26. The Labute approximate surface area is 104 Å². The molecule has 0 aromatic rings. The molecule has 1 saturated heterocycles. The first kappa shape index (κ1) is 14.4. The number of nitrogens with zero attached hydrogens (tertiary/aromatic N) is 2. The van der Waals surface area contributed by atoms with Crippen molar-refractivity contribution in [3.8, 4) is 0 Å². The highest BCUT2D eigenvalue weighted by atomic mass is 16.5. The summed E-state index contributed by atoms with van der Waals surface area (Å²) in [4.78, 5) is 16.4. The first-order valence-corrected chi connectivity index (χ1v) is 6.43. The monoisotopic (exact) mass is 243 g/mol. The van der Waals surface area contributed by atoms with E-state index >= 15 is 0 Å². The van der Waals surface area contributed by atoms with Crippen LogP contribution in [0.5, 0.6) is 0 Å². The summed E-state index contributed by atoms with van der Waals surface area (Å²) in [5.74, 6) is 0.240. The number of nitrogens with one attached hydrogen (secondary N) is 1. The van der Waals surface area contributed by atoms with Crippen molar-refractivity contribution in [2.24, 2.45) is 0 Å². The van der Waals surface area contributed by atoms with E-state index < -0.39 is 0 Å². The summed E-state index contributed by atoms with van der Waals surface area (Å²) in [5.41, 5.74) is 0. The Bertz CT molecular complexity index is 230. The SMILES string of the molecule is CCN(CCOC)C(C)C(=O)N1CCNCC1. The molecule has 0 aromatic heterocycles. The van der Waals surface area contributed by atoms with Crippen molar-refractivity contribution < 1.29 is 9.53 Å². The van der Waals surface area contributed by atoms with E-state index in [0.29, 0.717) is 6.61 Å². The lowest BCUT2D eigenvalue weighted by Gasteiger charge is -2.34. The van der Waals surface area contributed by atoms with E-state index in [1.165, 1.54) is 0 Å². The van der Waals surface area contributed by atoms with Crippen LogP contribution in [0.25, 0.3) is 0 Å². The summed E-state index contributed by atoms with van der Waals surface area (Å²) < 4.78 is 5.07. The number of likely N-dealkylation sites (N-methyl/N-ethyl adjacent to an activating group) is 1. The number of carbonyl (C=O) groups excluding carboxylic acids is 1. The molecule has 1 atom stereocenters. The second-order valence-electron chi connectivity index (χ2n) is 4.37. The Morgan fingerprint density at radius 3 is 2.65 bits per heavy atom. The summed E-state index contributed by atoms with van der Waals surface area (Å²) in [6.07, 6.45) is 0. The molecule has 1 amide bonds. The van der Waals surface area contributed by atoms with Gasteiger partial charge in [-0.05, 0) is 13.5 Å². The van der Waals surface area contributed by atoms with Crippen LogP contribution in [0.2, 0.25) is 0 Å². The van der Waals surface area contributed by atoms with Gasteiger partial charge in [-0.1, -0.05) is 6.92 Å². The van der Waals surface area contributed by atoms with E-state index in [0.717, 1.165) is 39.3 Å². The van der Waals surface area contributed by atoms with E-state index in [1.54, 1.807) is 7.11 Å². The van der Waals surface area contributed by atoms with E-state index in [-0.39, 0.29) is 11.9 Å². The molecule has 0 aliphatic carbocycles. The second kappa shape index (κ2) is 7.63. The van der Waals surface area contributed by atoms with Gasteiger partial charge in [-0.3, -0.25) is 9.69 Å². The quantitative estimate of drug-likeness (QED) is 0.700. The molecule has 0 radical (unpaired) electrons. The van der Waals surface area contributed by atoms with Crippen LogP contribution in [-0.2, 0) is 9.53 Å². The number of carbonyl (C=O) groups is 1. The summed E-state index contributed by atoms with van der Waals surface area (Å²) in [6.45, 7) is 9.89. The average Bonchev–Trinajstić information content (AvgIpc) is 2.39. The normalized spacial score (nSPS) is 18.5. The minimum Gasteiger partial charge on any atom is -0.383 e. The molecule has 1 rings (SSSR count). The molecular formula is C12H25N3O2. The fraction of sp³-hybridized carbons (Fsp3) is 0.917. The average molecular weight is 243 g/mol. The van der Waals surface area contributed by atoms with Crippen molar-refractivity contribution in [3.05, 3.63) is 0 Å². The van der Waals surface area contributed by atoms with E-state index in [4.69, 9.17) is 4.74 Å². The van der Waals surface area contributed by atoms with Crippen LogP contribution in [0.15, 0.2) is 0 Å². The number of methoxy groups -OCH3 is 1. The van der Waals surface area contributed by atoms with Crippen LogP contribution in [-0.4, -0.2) is 74.7 Å². The molecule has 1 fully saturated rings. The first-order valence-electron chi connectivity index (χ1n) is 6.43. The topological polar surface area (TPSA) is 44.8 Å². The summed E-state index contributed by atoms with van der Waals surface area (Å²) in [7, 11) is 1.69. The first-order chi connectivity index (χ1) is 8.20. The summed E-state index contributed by atoms with van der Waals surface area (Å²) in [6, 6.07) is -0.0479. The predicted molar refractivity (Wildman–Crippen MR) is 68.0 cm³/mol. The van der Waals surface area contributed by atoms with E-state index in [2.05, 4.69) is 17.1 Å². The zero-order valence-corrected chi connectivity index (χ0v) is 11.2. The van der Waals surface area contributed by atoms with Gasteiger partial charge < -0.3 is 15.0 Å². The maximum atomic E-state index is 12.3. The lowest BCUT2D eigenvalue weighted by Crippen LogP contribution is -2.53. The number of hydrogen-bond acceptors (Lipinski definition) is 4. The zero-order valence-electron chi connectivity index (χ0n) is 11.2. The molecule has 1 aliphatic rings. The van der Waals surface area contributed by atoms with Crippen LogP contribution in [0.1, 0.15) is 13.8 Å². The molecule has 0 saturated carbocycles. The van der Waals surface area contributed by atoms with Crippen LogP contribution < -0.4 is 5.32 Å². The standard InChI is InChI=1S/C12H25N3O2/c1-4-14(9-10-17-3)11(2)12(16)15-7-5-13-6-8-15/h11,13H,4-10H2,1-3H3. The minimum atomic E-state index is -0.0479. The van der Waals surface area contributed by atoms with Gasteiger partial charge in [0, 0.05) is 39.8 Å². The Hall–Kier alpha value is -0.650. The molecule has 1 aliphatic heterocycles. The van der Waals surface area contributed by atoms with Gasteiger partial charge in [0.15, 0.2) is 0 Å². The van der Waals surface area contributed by atoms with Crippen molar-refractivity contribution in [1.29, 1.82) is 0 Å². The highest BCUT2D eigenvalue weighted by Gasteiger charge is 2.25. The zero-order chi connectivity index (χ0) is 12.7. The molecule has 17 heavy (non-hydrogen) atoms. The molecule has 5 nitrogen and oxygen atoms in total. The lowest BCUT2D eigenvalue weighted by atomic mass is 10.2. The van der Waals surface area contributed by atoms with Gasteiger partial charge in [-0.25, -0.2) is 0 Å². The van der Waals surface area contributed by atoms with Crippen molar-refractivity contribution >= 4 is 5.91 Å². The fourth-order valence-corrected chi connectivity index (χ4v) is 2.14. The Morgan fingerprint density at radius 1 is 1.47 bits per heavy atom. The van der Waals surface area contributed by atoms with Gasteiger partial charge in [-0.15, -0.1) is 0 Å². The molecule has 1 heterocycles. The molecule has 5 heteroatoms. The van der Waals surface area contributed by atoms with Gasteiger partial charge in [0.05, 0.1) is 12.6 Å². The maximum Gasteiger partial charge on any atom is 0.239 e. The minimum absolute atomic E-state index is 0.0479. The highest BCUT2D eigenvalue weighted by molar-refractivity contribution is 5.81. The number of ether oxygens (including phenoxy) is 1. The van der Waals surface area contributed by atoms with Crippen LogP contribution >= 0.6 is 0 Å². The van der Waals surface area contributed by atoms with Gasteiger partial charge >= 0.3 is 0 Å². The predicted octanol–water partition coefficient (Wildman–Crippen LogP) is -0.225. The molecular weight excluding hydrogens is 218 g/mol. The van der Waals surface area contributed by atoms with Gasteiger partial charge in [0.1, 0.15) is 0 Å². The lowest BCUT2D eigenvalue weighted by molar-refractivity contribution is -0.137. The summed E-state index contributed by atoms with van der Waals surface area (Å²) >= 11 is 0. The third-order valence-electron chi connectivity index (χ3n) is 3.32. The van der Waals surface area contributed by atoms with Crippen molar-refractivity contribution in [2.45, 2.75) is 19.9 Å².